The third-order valence-corrected chi connectivity index (χ3v) is 4.82. The Hall–Kier alpha value is -3.38. The molecule has 3 aromatic rings. The first-order chi connectivity index (χ1) is 15.0. The SMILES string of the molecule is COc1cc(C(=O)CCNc2ccc(Oc3ccc(Cl)cc3)cc2)cc(OC)c1OC. The number of benzene rings is 3. The lowest BCUT2D eigenvalue weighted by Gasteiger charge is -2.14. The van der Waals surface area contributed by atoms with Crippen LogP contribution in [0.15, 0.2) is 60.7 Å². The van der Waals surface area contributed by atoms with E-state index in [0.29, 0.717) is 52.3 Å². The highest BCUT2D eigenvalue weighted by Crippen LogP contribution is 2.38. The van der Waals surface area contributed by atoms with Crippen LogP contribution in [0.25, 0.3) is 0 Å². The van der Waals surface area contributed by atoms with Crippen molar-refractivity contribution in [2.75, 3.05) is 33.2 Å². The number of rotatable bonds is 10. The second-order valence-corrected chi connectivity index (χ2v) is 7.03. The van der Waals surface area contributed by atoms with Gasteiger partial charge in [0.05, 0.1) is 21.3 Å². The zero-order chi connectivity index (χ0) is 22.2. The van der Waals surface area contributed by atoms with Crippen molar-refractivity contribution >= 4 is 23.1 Å². The number of hydrogen-bond acceptors (Lipinski definition) is 6. The van der Waals surface area contributed by atoms with E-state index in [4.69, 9.17) is 30.5 Å². The second kappa shape index (κ2) is 10.6. The van der Waals surface area contributed by atoms with Crippen LogP contribution in [0.2, 0.25) is 5.02 Å². The first kappa shape index (κ1) is 22.3. The maximum Gasteiger partial charge on any atom is 0.203 e. The summed E-state index contributed by atoms with van der Waals surface area (Å²) in [4.78, 5) is 12.6. The summed E-state index contributed by atoms with van der Waals surface area (Å²) in [7, 11) is 4.57. The summed E-state index contributed by atoms with van der Waals surface area (Å²) in [6.07, 6.45) is 0.307. The largest absolute Gasteiger partial charge is 0.493 e. The van der Waals surface area contributed by atoms with Crippen molar-refractivity contribution in [1.82, 2.24) is 0 Å². The Morgan fingerprint density at radius 1 is 0.839 bits per heavy atom. The summed E-state index contributed by atoms with van der Waals surface area (Å²) in [5.41, 5.74) is 1.39. The number of nitrogens with one attached hydrogen (secondary N) is 1. The molecule has 162 valence electrons. The molecule has 6 nitrogen and oxygen atoms in total. The Morgan fingerprint density at radius 3 is 1.90 bits per heavy atom. The molecule has 3 aromatic carbocycles. The van der Waals surface area contributed by atoms with Gasteiger partial charge in [0, 0.05) is 29.2 Å². The summed E-state index contributed by atoms with van der Waals surface area (Å²) in [6, 6.07) is 18.0. The highest BCUT2D eigenvalue weighted by atomic mass is 35.5. The number of methoxy groups -OCH3 is 3. The molecule has 0 fully saturated rings. The monoisotopic (exact) mass is 441 g/mol. The van der Waals surface area contributed by atoms with E-state index in [9.17, 15) is 4.79 Å². The number of ketones is 1. The number of carbonyl (C=O) groups is 1. The molecule has 0 saturated heterocycles. The fraction of sp³-hybridized carbons (Fsp3) is 0.208. The molecule has 0 heterocycles. The highest BCUT2D eigenvalue weighted by Gasteiger charge is 2.16. The molecule has 0 bridgehead atoms. The molecule has 0 aromatic heterocycles. The molecule has 0 unspecified atom stereocenters. The average Bonchev–Trinajstić information content (AvgIpc) is 2.80. The number of anilines is 1. The lowest BCUT2D eigenvalue weighted by Crippen LogP contribution is -2.09. The molecule has 0 spiro atoms. The van der Waals surface area contributed by atoms with Gasteiger partial charge in [0.25, 0.3) is 0 Å². The first-order valence-corrected chi connectivity index (χ1v) is 10.0. The van der Waals surface area contributed by atoms with Gasteiger partial charge in [-0.3, -0.25) is 4.79 Å². The van der Waals surface area contributed by atoms with Crippen molar-refractivity contribution in [1.29, 1.82) is 0 Å². The van der Waals surface area contributed by atoms with Crippen molar-refractivity contribution in [3.05, 3.63) is 71.2 Å². The van der Waals surface area contributed by atoms with Crippen molar-refractivity contribution in [2.24, 2.45) is 0 Å². The molecular weight excluding hydrogens is 418 g/mol. The minimum atomic E-state index is -0.0329. The summed E-state index contributed by atoms with van der Waals surface area (Å²) < 4.78 is 21.7. The zero-order valence-corrected chi connectivity index (χ0v) is 18.4. The molecule has 0 aliphatic rings. The summed E-state index contributed by atoms with van der Waals surface area (Å²) in [6.45, 7) is 0.479. The quantitative estimate of drug-likeness (QED) is 0.398. The van der Waals surface area contributed by atoms with Gasteiger partial charge in [-0.25, -0.2) is 0 Å². The summed E-state index contributed by atoms with van der Waals surface area (Å²) in [5.74, 6) is 2.75. The zero-order valence-electron chi connectivity index (χ0n) is 17.6. The molecule has 0 aliphatic heterocycles. The molecule has 31 heavy (non-hydrogen) atoms. The summed E-state index contributed by atoms with van der Waals surface area (Å²) >= 11 is 5.88. The Bertz CT molecular complexity index is 994. The molecular formula is C24H24ClNO5. The molecule has 0 radical (unpaired) electrons. The molecule has 3 rings (SSSR count). The molecule has 0 saturated carbocycles. The van der Waals surface area contributed by atoms with E-state index in [1.165, 1.54) is 21.3 Å². The normalized spacial score (nSPS) is 10.3. The Labute approximate surface area is 186 Å². The number of halogens is 1. The van der Waals surface area contributed by atoms with Crippen LogP contribution in [-0.2, 0) is 0 Å². The van der Waals surface area contributed by atoms with Crippen LogP contribution < -0.4 is 24.3 Å². The van der Waals surface area contributed by atoms with E-state index in [0.717, 1.165) is 5.69 Å². The van der Waals surface area contributed by atoms with Crippen molar-refractivity contribution in [2.45, 2.75) is 6.42 Å². The molecule has 1 N–H and O–H groups in total. The van der Waals surface area contributed by atoms with E-state index < -0.39 is 0 Å². The van der Waals surface area contributed by atoms with Gasteiger partial charge in [-0.15, -0.1) is 0 Å². The van der Waals surface area contributed by atoms with Crippen LogP contribution in [0.5, 0.6) is 28.7 Å². The van der Waals surface area contributed by atoms with E-state index >= 15 is 0 Å². The van der Waals surface area contributed by atoms with Crippen LogP contribution >= 0.6 is 11.6 Å². The van der Waals surface area contributed by atoms with Crippen molar-refractivity contribution in [3.63, 3.8) is 0 Å². The standard InChI is InChI=1S/C24H24ClNO5/c1-28-22-14-16(15-23(29-2)24(22)30-3)21(27)12-13-26-18-6-10-20(11-7-18)31-19-8-4-17(25)5-9-19/h4-11,14-15,26H,12-13H2,1-3H3. The fourth-order valence-electron chi connectivity index (χ4n) is 2.99. The van der Waals surface area contributed by atoms with Crippen LogP contribution in [0.4, 0.5) is 5.69 Å². The molecule has 0 amide bonds. The lowest BCUT2D eigenvalue weighted by molar-refractivity contribution is 0.0985. The minimum absolute atomic E-state index is 0.0329. The lowest BCUT2D eigenvalue weighted by atomic mass is 10.1. The van der Waals surface area contributed by atoms with Crippen LogP contribution in [0, 0.1) is 0 Å². The fourth-order valence-corrected chi connectivity index (χ4v) is 3.11. The van der Waals surface area contributed by atoms with Crippen LogP contribution in [0.3, 0.4) is 0 Å². The number of carbonyl (C=O) groups excluding carboxylic acids is 1. The third kappa shape index (κ3) is 5.83. The molecule has 0 atom stereocenters. The highest BCUT2D eigenvalue weighted by molar-refractivity contribution is 6.30. The van der Waals surface area contributed by atoms with Crippen molar-refractivity contribution in [3.8, 4) is 28.7 Å². The minimum Gasteiger partial charge on any atom is -0.493 e. The Kier molecular flexibility index (Phi) is 7.62. The van der Waals surface area contributed by atoms with Gasteiger partial charge in [-0.05, 0) is 60.7 Å². The predicted octanol–water partition coefficient (Wildman–Crippen LogP) is 5.84. The second-order valence-electron chi connectivity index (χ2n) is 6.59. The van der Waals surface area contributed by atoms with Gasteiger partial charge in [0.15, 0.2) is 17.3 Å². The van der Waals surface area contributed by atoms with E-state index in [2.05, 4.69) is 5.32 Å². The topological polar surface area (TPSA) is 66.0 Å². The van der Waals surface area contributed by atoms with Gasteiger partial charge in [-0.2, -0.15) is 0 Å². The smallest absolute Gasteiger partial charge is 0.203 e. The number of Topliss-reactive ketones (excluding diaryl/α,β-unsaturated/α-hetero) is 1. The third-order valence-electron chi connectivity index (χ3n) is 4.57. The first-order valence-electron chi connectivity index (χ1n) is 9.64. The van der Waals surface area contributed by atoms with Crippen molar-refractivity contribution < 1.29 is 23.7 Å². The van der Waals surface area contributed by atoms with Gasteiger partial charge in [0.2, 0.25) is 5.75 Å². The van der Waals surface area contributed by atoms with Gasteiger partial charge in [0.1, 0.15) is 11.5 Å². The van der Waals surface area contributed by atoms with Crippen LogP contribution in [-0.4, -0.2) is 33.7 Å². The Morgan fingerprint density at radius 2 is 1.39 bits per heavy atom. The summed E-state index contributed by atoms with van der Waals surface area (Å²) in [5, 5.41) is 3.90. The number of hydrogen-bond donors (Lipinski definition) is 1. The van der Waals surface area contributed by atoms with Crippen LogP contribution in [0.1, 0.15) is 16.8 Å². The molecule has 7 heteroatoms. The van der Waals surface area contributed by atoms with Gasteiger partial charge >= 0.3 is 0 Å². The average molecular weight is 442 g/mol. The van der Waals surface area contributed by atoms with E-state index in [-0.39, 0.29) is 5.78 Å². The van der Waals surface area contributed by atoms with Gasteiger partial charge in [-0.1, -0.05) is 11.6 Å². The molecule has 0 aliphatic carbocycles. The van der Waals surface area contributed by atoms with Gasteiger partial charge < -0.3 is 24.3 Å². The predicted molar refractivity (Wildman–Crippen MR) is 122 cm³/mol. The van der Waals surface area contributed by atoms with E-state index in [1.807, 2.05) is 36.4 Å². The number of ether oxygens (including phenoxy) is 4. The maximum absolute atomic E-state index is 12.6. The Balaban J connectivity index is 1.56. The maximum atomic E-state index is 12.6. The van der Waals surface area contributed by atoms with E-state index in [1.54, 1.807) is 24.3 Å².